The lowest BCUT2D eigenvalue weighted by Gasteiger charge is -2.34. The Labute approximate surface area is 319 Å². The average Bonchev–Trinajstić information content (AvgIpc) is 3.19. The number of aliphatic hydroxyl groups is 1. The van der Waals surface area contributed by atoms with Crippen LogP contribution in [-0.2, 0) is 25.5 Å². The summed E-state index contributed by atoms with van der Waals surface area (Å²) in [5.74, 6) is -4.35. The van der Waals surface area contributed by atoms with E-state index >= 15 is 0 Å². The van der Waals surface area contributed by atoms with E-state index in [9.17, 15) is 38.9 Å². The van der Waals surface area contributed by atoms with Gasteiger partial charge in [0.15, 0.2) is 11.5 Å². The van der Waals surface area contributed by atoms with Crippen LogP contribution in [0, 0.1) is 25.6 Å². The molecule has 1 aliphatic heterocycles. The molecule has 0 bridgehead atoms. The molecule has 1 saturated heterocycles. The van der Waals surface area contributed by atoms with Crippen LogP contribution in [0.25, 0.3) is 0 Å². The van der Waals surface area contributed by atoms with Crippen molar-refractivity contribution in [2.45, 2.75) is 51.4 Å². The number of hydrogen-bond acceptors (Lipinski definition) is 10. The number of aliphatic hydroxyl groups excluding tert-OH is 1. The van der Waals surface area contributed by atoms with E-state index in [1.54, 1.807) is 52.3 Å². The Kier molecular flexibility index (Phi) is 15.3. The summed E-state index contributed by atoms with van der Waals surface area (Å²) in [4.78, 5) is 49.8. The number of para-hydroxylation sites is 1. The number of hydrogen-bond donors (Lipinski definition) is 3. The molecule has 3 atom stereocenters. The van der Waals surface area contributed by atoms with Crippen LogP contribution in [0.15, 0.2) is 91.0 Å². The lowest BCUT2D eigenvalue weighted by atomic mass is 9.87. The van der Waals surface area contributed by atoms with Crippen LogP contribution in [0.3, 0.4) is 0 Å². The first-order valence-electron chi connectivity index (χ1n) is 17.7. The summed E-state index contributed by atoms with van der Waals surface area (Å²) < 4.78 is 33.5. The Balaban J connectivity index is 0.000000245. The molecule has 0 aliphatic carbocycles. The Morgan fingerprint density at radius 2 is 1.22 bits per heavy atom. The van der Waals surface area contributed by atoms with Crippen molar-refractivity contribution < 1.29 is 57.8 Å². The summed E-state index contributed by atoms with van der Waals surface area (Å²) >= 11 is 0. The summed E-state index contributed by atoms with van der Waals surface area (Å²) in [5, 5.41) is 29.5. The highest BCUT2D eigenvalue weighted by Crippen LogP contribution is 2.40. The number of rotatable bonds is 14. The van der Waals surface area contributed by atoms with Gasteiger partial charge in [0, 0.05) is 12.1 Å². The van der Waals surface area contributed by atoms with Crippen molar-refractivity contribution in [3.05, 3.63) is 130 Å². The van der Waals surface area contributed by atoms with E-state index in [-0.39, 0.29) is 22.9 Å². The molecule has 1 heterocycles. The van der Waals surface area contributed by atoms with Crippen LogP contribution in [0.2, 0.25) is 0 Å². The zero-order valence-electron chi connectivity index (χ0n) is 31.1. The van der Waals surface area contributed by atoms with E-state index in [2.05, 4.69) is 4.90 Å². The van der Waals surface area contributed by atoms with Crippen molar-refractivity contribution in [2.24, 2.45) is 5.92 Å². The second-order valence-electron chi connectivity index (χ2n) is 13.1. The smallest absolute Gasteiger partial charge is 0.349 e. The lowest BCUT2D eigenvalue weighted by molar-refractivity contribution is -0.166. The van der Waals surface area contributed by atoms with Gasteiger partial charge in [-0.25, -0.2) is 23.6 Å². The lowest BCUT2D eigenvalue weighted by Crippen LogP contribution is -2.45. The molecule has 55 heavy (non-hydrogen) atoms. The summed E-state index contributed by atoms with van der Waals surface area (Å²) in [5.41, 5.74) is 3.74. The van der Waals surface area contributed by atoms with Gasteiger partial charge in [0.25, 0.3) is 0 Å². The molecule has 0 aromatic heterocycles. The van der Waals surface area contributed by atoms with Crippen LogP contribution in [-0.4, -0.2) is 90.2 Å². The van der Waals surface area contributed by atoms with Gasteiger partial charge in [-0.1, -0.05) is 59.7 Å². The predicted octanol–water partition coefficient (Wildman–Crippen LogP) is 6.05. The number of carboxylic acids is 2. The van der Waals surface area contributed by atoms with Gasteiger partial charge >= 0.3 is 23.9 Å². The van der Waals surface area contributed by atoms with E-state index in [0.717, 1.165) is 61.2 Å². The topological polar surface area (TPSA) is 169 Å². The molecule has 4 aromatic carbocycles. The number of aryl methyl sites for hydroxylation is 2. The van der Waals surface area contributed by atoms with Gasteiger partial charge in [0.2, 0.25) is 12.2 Å². The largest absolute Gasteiger partial charge is 0.493 e. The first kappa shape index (κ1) is 42.0. The van der Waals surface area contributed by atoms with Crippen LogP contribution in [0.5, 0.6) is 11.5 Å². The molecule has 12 nitrogen and oxygen atoms in total. The minimum absolute atomic E-state index is 0.0332. The third kappa shape index (κ3) is 11.8. The van der Waals surface area contributed by atoms with Gasteiger partial charge in [-0.05, 0) is 100 Å². The molecule has 0 spiro atoms. The molecule has 4 aromatic rings. The molecule has 292 valence electrons. The number of piperidine rings is 1. The highest BCUT2D eigenvalue weighted by molar-refractivity contribution is 5.95. The number of nitrogens with zero attached hydrogens (tertiary/aromatic N) is 1. The summed E-state index contributed by atoms with van der Waals surface area (Å²) in [6.45, 7) is 6.45. The standard InChI is InChI=1S/C22H28FNO3.C20H18O8/c1-26-20-5-3-4-19(22(20)27-2)21(25)17-11-14-24(15-12-17)13-10-16-6-8-18(23)9-7-16;1-11-3-7-13(8-4-11)19(25)27-15(17(21)22)16(18(23)24)28-20(26)14-9-5-12(2)6-10-14/h3-9,17,21,25H,10-15H2,1-2H3;3-10,15-16H,1-2H3,(H,21,22)(H,23,24)/t21-;15-,16-/m10/s1. The monoisotopic (exact) mass is 759 g/mol. The summed E-state index contributed by atoms with van der Waals surface area (Å²) in [6, 6.07) is 24.4. The van der Waals surface area contributed by atoms with Gasteiger partial charge in [-0.15, -0.1) is 0 Å². The number of carbonyl (C=O) groups is 4. The van der Waals surface area contributed by atoms with Gasteiger partial charge in [0.05, 0.1) is 31.5 Å². The van der Waals surface area contributed by atoms with Gasteiger partial charge in [-0.2, -0.15) is 0 Å². The molecule has 0 radical (unpaired) electrons. The highest BCUT2D eigenvalue weighted by atomic mass is 19.1. The number of carboxylic acid groups (broad SMARTS) is 2. The minimum atomic E-state index is -2.22. The van der Waals surface area contributed by atoms with Crippen LogP contribution in [0.4, 0.5) is 4.39 Å². The minimum Gasteiger partial charge on any atom is -0.493 e. The number of halogens is 1. The van der Waals surface area contributed by atoms with Crippen molar-refractivity contribution in [3.8, 4) is 11.5 Å². The fourth-order valence-electron chi connectivity index (χ4n) is 6.06. The van der Waals surface area contributed by atoms with Crippen molar-refractivity contribution in [2.75, 3.05) is 33.9 Å². The summed E-state index contributed by atoms with van der Waals surface area (Å²) in [6.07, 6.45) is -2.22. The Morgan fingerprint density at radius 1 is 0.727 bits per heavy atom. The highest BCUT2D eigenvalue weighted by Gasteiger charge is 2.41. The van der Waals surface area contributed by atoms with E-state index in [0.29, 0.717) is 11.5 Å². The van der Waals surface area contributed by atoms with E-state index in [1.165, 1.54) is 36.4 Å². The summed E-state index contributed by atoms with van der Waals surface area (Å²) in [7, 11) is 3.21. The van der Waals surface area contributed by atoms with E-state index in [4.69, 9.17) is 18.9 Å². The molecule has 1 aliphatic rings. The second-order valence-corrected chi connectivity index (χ2v) is 13.1. The maximum Gasteiger partial charge on any atom is 0.349 e. The number of benzene rings is 4. The van der Waals surface area contributed by atoms with Crippen molar-refractivity contribution >= 4 is 23.9 Å². The maximum atomic E-state index is 13.0. The SMILES string of the molecule is COc1cccc([C@H](O)C2CCN(CCc3ccc(F)cc3)CC2)c1OC.Cc1ccc(C(=O)O[C@H](C(=O)O)[C@H](OC(=O)c2ccc(C)cc2)C(=O)O)cc1. The van der Waals surface area contributed by atoms with Gasteiger partial charge in [0.1, 0.15) is 5.82 Å². The molecule has 0 unspecified atom stereocenters. The zero-order valence-corrected chi connectivity index (χ0v) is 31.1. The molecule has 13 heteroatoms. The van der Waals surface area contributed by atoms with Gasteiger partial charge in [-0.3, -0.25) is 0 Å². The Hall–Kier alpha value is -5.79. The number of aliphatic carboxylic acids is 2. The quantitative estimate of drug-likeness (QED) is 0.127. The van der Waals surface area contributed by atoms with Gasteiger partial charge < -0.3 is 39.2 Å². The number of ether oxygens (including phenoxy) is 4. The van der Waals surface area contributed by atoms with Crippen molar-refractivity contribution in [1.29, 1.82) is 0 Å². The molecule has 1 fully saturated rings. The third-order valence-corrected chi connectivity index (χ3v) is 9.27. The number of esters is 2. The zero-order chi connectivity index (χ0) is 40.1. The maximum absolute atomic E-state index is 13.0. The normalized spacial score (nSPS) is 14.7. The number of carbonyl (C=O) groups excluding carboxylic acids is 2. The molecule has 0 saturated carbocycles. The second kappa shape index (κ2) is 20.0. The molecule has 3 N–H and O–H groups in total. The van der Waals surface area contributed by atoms with Crippen LogP contribution >= 0.6 is 0 Å². The third-order valence-electron chi connectivity index (χ3n) is 9.27. The van der Waals surface area contributed by atoms with Crippen LogP contribution < -0.4 is 9.47 Å². The predicted molar refractivity (Wildman–Crippen MR) is 200 cm³/mol. The number of methoxy groups -OCH3 is 2. The molecule has 5 rings (SSSR count). The Bertz CT molecular complexity index is 1820. The Morgan fingerprint density at radius 3 is 1.65 bits per heavy atom. The first-order chi connectivity index (χ1) is 26.3. The average molecular weight is 760 g/mol. The van der Waals surface area contributed by atoms with Crippen molar-refractivity contribution in [3.63, 3.8) is 0 Å². The fourth-order valence-corrected chi connectivity index (χ4v) is 6.06. The number of likely N-dealkylation sites (tertiary alicyclic amines) is 1. The van der Waals surface area contributed by atoms with Crippen molar-refractivity contribution in [1.82, 2.24) is 4.90 Å². The van der Waals surface area contributed by atoms with E-state index in [1.807, 2.05) is 30.3 Å². The first-order valence-corrected chi connectivity index (χ1v) is 17.7. The molecule has 0 amide bonds. The van der Waals surface area contributed by atoms with Crippen LogP contribution in [0.1, 0.15) is 61.9 Å². The fraction of sp³-hybridized carbons (Fsp3) is 0.333. The van der Waals surface area contributed by atoms with E-state index < -0.39 is 42.2 Å². The molecular weight excluding hydrogens is 713 g/mol. The molecular formula is C42H46FNO11.